The highest BCUT2D eigenvalue weighted by Gasteiger charge is 2.20. The van der Waals surface area contributed by atoms with Gasteiger partial charge in [0.1, 0.15) is 15.7 Å². The minimum atomic E-state index is -3.68. The highest BCUT2D eigenvalue weighted by atomic mass is 32.2. The van der Waals surface area contributed by atoms with E-state index in [9.17, 15) is 8.42 Å². The fourth-order valence-corrected chi connectivity index (χ4v) is 4.95. The highest BCUT2D eigenvalue weighted by Crippen LogP contribution is 2.30. The molecule has 0 unspecified atom stereocenters. The van der Waals surface area contributed by atoms with Crippen LogP contribution < -0.4 is 9.46 Å². The van der Waals surface area contributed by atoms with Crippen LogP contribution in [-0.2, 0) is 16.6 Å². The van der Waals surface area contributed by atoms with Gasteiger partial charge in [0, 0.05) is 17.0 Å². The molecule has 7 heteroatoms. The lowest BCUT2D eigenvalue weighted by Gasteiger charge is -2.10. The van der Waals surface area contributed by atoms with Crippen LogP contribution in [0.5, 0.6) is 5.75 Å². The van der Waals surface area contributed by atoms with Crippen molar-refractivity contribution in [3.63, 3.8) is 0 Å². The van der Waals surface area contributed by atoms with Gasteiger partial charge in [0.15, 0.2) is 0 Å². The number of para-hydroxylation sites is 1. The summed E-state index contributed by atoms with van der Waals surface area (Å²) in [6.45, 7) is 4.12. The lowest BCUT2D eigenvalue weighted by molar-refractivity contribution is 0.402. The maximum Gasteiger partial charge on any atom is 0.244 e. The third-order valence-corrected chi connectivity index (χ3v) is 6.68. The largest absolute Gasteiger partial charge is 0.495 e. The summed E-state index contributed by atoms with van der Waals surface area (Å²) in [7, 11) is -2.22. The first-order chi connectivity index (χ1) is 12.4. The Labute approximate surface area is 157 Å². The van der Waals surface area contributed by atoms with E-state index in [0.717, 1.165) is 26.7 Å². The molecule has 0 aliphatic rings. The highest BCUT2D eigenvalue weighted by molar-refractivity contribution is 7.89. The number of thiazole rings is 1. The summed E-state index contributed by atoms with van der Waals surface area (Å²) in [6, 6.07) is 14.6. The number of methoxy groups -OCH3 is 1. The zero-order chi connectivity index (χ0) is 18.7. The van der Waals surface area contributed by atoms with E-state index in [4.69, 9.17) is 4.74 Å². The van der Waals surface area contributed by atoms with Crippen LogP contribution in [0.4, 0.5) is 0 Å². The third kappa shape index (κ3) is 3.80. The molecule has 1 aromatic heterocycles. The van der Waals surface area contributed by atoms with Crippen molar-refractivity contribution in [1.29, 1.82) is 0 Å². The average Bonchev–Trinajstić information content (AvgIpc) is 3.01. The molecule has 3 aromatic rings. The van der Waals surface area contributed by atoms with Crippen molar-refractivity contribution in [2.24, 2.45) is 0 Å². The minimum absolute atomic E-state index is 0.129. The number of nitrogens with one attached hydrogen (secondary N) is 1. The van der Waals surface area contributed by atoms with Gasteiger partial charge in [0.2, 0.25) is 10.0 Å². The van der Waals surface area contributed by atoms with Crippen molar-refractivity contribution in [3.8, 4) is 16.3 Å². The van der Waals surface area contributed by atoms with E-state index in [-0.39, 0.29) is 11.4 Å². The molecule has 0 atom stereocenters. The van der Waals surface area contributed by atoms with Gasteiger partial charge in [-0.05, 0) is 31.5 Å². The van der Waals surface area contributed by atoms with Crippen molar-refractivity contribution in [1.82, 2.24) is 9.71 Å². The Balaban J connectivity index is 1.83. The molecule has 0 fully saturated rings. The van der Waals surface area contributed by atoms with Crippen LogP contribution in [-0.4, -0.2) is 20.5 Å². The summed E-state index contributed by atoms with van der Waals surface area (Å²) < 4.78 is 33.0. The van der Waals surface area contributed by atoms with E-state index < -0.39 is 10.0 Å². The topological polar surface area (TPSA) is 68.3 Å². The molecule has 0 bridgehead atoms. The van der Waals surface area contributed by atoms with Crippen LogP contribution >= 0.6 is 11.3 Å². The Morgan fingerprint density at radius 2 is 1.77 bits per heavy atom. The third-order valence-electron chi connectivity index (χ3n) is 4.05. The monoisotopic (exact) mass is 388 g/mol. The molecule has 3 rings (SSSR count). The second-order valence-electron chi connectivity index (χ2n) is 5.82. The van der Waals surface area contributed by atoms with Gasteiger partial charge in [-0.15, -0.1) is 11.3 Å². The summed E-state index contributed by atoms with van der Waals surface area (Å²) in [6.07, 6.45) is 0. The summed E-state index contributed by atoms with van der Waals surface area (Å²) in [5.41, 5.74) is 3.04. The molecule has 0 amide bonds. The van der Waals surface area contributed by atoms with Crippen LogP contribution in [0.2, 0.25) is 0 Å². The maximum absolute atomic E-state index is 12.6. The Bertz CT molecular complexity index is 1030. The Morgan fingerprint density at radius 3 is 2.50 bits per heavy atom. The number of hydrogen-bond acceptors (Lipinski definition) is 5. The molecular weight excluding hydrogens is 368 g/mol. The normalized spacial score (nSPS) is 11.5. The van der Waals surface area contributed by atoms with E-state index in [1.54, 1.807) is 18.2 Å². The average molecular weight is 389 g/mol. The summed E-state index contributed by atoms with van der Waals surface area (Å²) in [5, 5.41) is 0.895. The summed E-state index contributed by atoms with van der Waals surface area (Å²) in [5.74, 6) is 0.321. The molecule has 136 valence electrons. The zero-order valence-electron chi connectivity index (χ0n) is 14.8. The van der Waals surface area contributed by atoms with Crippen LogP contribution in [0.15, 0.2) is 53.4 Å². The quantitative estimate of drug-likeness (QED) is 0.695. The van der Waals surface area contributed by atoms with Crippen molar-refractivity contribution >= 4 is 21.4 Å². The Morgan fingerprint density at radius 1 is 1.08 bits per heavy atom. The zero-order valence-corrected chi connectivity index (χ0v) is 16.4. The van der Waals surface area contributed by atoms with Crippen LogP contribution in [0.25, 0.3) is 10.6 Å². The molecule has 2 aromatic carbocycles. The van der Waals surface area contributed by atoms with Crippen molar-refractivity contribution in [3.05, 3.63) is 64.7 Å². The van der Waals surface area contributed by atoms with Gasteiger partial charge < -0.3 is 4.74 Å². The lowest BCUT2D eigenvalue weighted by atomic mass is 10.1. The number of rotatable bonds is 6. The Kier molecular flexibility index (Phi) is 5.41. The van der Waals surface area contributed by atoms with Crippen LogP contribution in [0.3, 0.4) is 0 Å². The smallest absolute Gasteiger partial charge is 0.244 e. The first-order valence-corrected chi connectivity index (χ1v) is 10.4. The van der Waals surface area contributed by atoms with Crippen molar-refractivity contribution in [2.45, 2.75) is 25.3 Å². The minimum Gasteiger partial charge on any atom is -0.495 e. The van der Waals surface area contributed by atoms with Gasteiger partial charge in [-0.2, -0.15) is 0 Å². The van der Waals surface area contributed by atoms with Gasteiger partial charge >= 0.3 is 0 Å². The van der Waals surface area contributed by atoms with Gasteiger partial charge in [-0.3, -0.25) is 0 Å². The molecule has 0 aliphatic heterocycles. The number of nitrogens with zero attached hydrogens (tertiary/aromatic N) is 1. The van der Waals surface area contributed by atoms with Gasteiger partial charge in [0.25, 0.3) is 0 Å². The lowest BCUT2D eigenvalue weighted by Crippen LogP contribution is -2.23. The number of hydrogen-bond donors (Lipinski definition) is 1. The fourth-order valence-electron chi connectivity index (χ4n) is 2.60. The van der Waals surface area contributed by atoms with E-state index in [2.05, 4.69) is 9.71 Å². The van der Waals surface area contributed by atoms with Crippen LogP contribution in [0.1, 0.15) is 16.1 Å². The van der Waals surface area contributed by atoms with E-state index in [1.807, 2.05) is 38.1 Å². The van der Waals surface area contributed by atoms with E-state index in [1.165, 1.54) is 24.5 Å². The van der Waals surface area contributed by atoms with E-state index in [0.29, 0.717) is 5.75 Å². The van der Waals surface area contributed by atoms with Crippen molar-refractivity contribution < 1.29 is 13.2 Å². The first kappa shape index (κ1) is 18.6. The molecule has 1 heterocycles. The molecule has 0 saturated heterocycles. The number of aromatic nitrogens is 1. The van der Waals surface area contributed by atoms with Gasteiger partial charge in [0.05, 0.1) is 12.8 Å². The first-order valence-electron chi connectivity index (χ1n) is 8.07. The Hall–Kier alpha value is -2.22. The standard InChI is InChI=1S/C19H20N2O3S2/c1-13-8-4-5-9-15(13)19-21-14(2)17(25-19)12-20-26(22,23)18-11-7-6-10-16(18)24-3/h4-11,20H,12H2,1-3H3. The second kappa shape index (κ2) is 7.57. The molecule has 0 spiro atoms. The van der Waals surface area contributed by atoms with E-state index >= 15 is 0 Å². The number of ether oxygens (including phenoxy) is 1. The number of sulfonamides is 1. The summed E-state index contributed by atoms with van der Waals surface area (Å²) >= 11 is 1.50. The molecule has 0 saturated carbocycles. The van der Waals surface area contributed by atoms with Crippen LogP contribution in [0, 0.1) is 13.8 Å². The molecule has 1 N–H and O–H groups in total. The SMILES string of the molecule is COc1ccccc1S(=O)(=O)NCc1sc(-c2ccccc2C)nc1C. The molecule has 26 heavy (non-hydrogen) atoms. The number of aryl methyl sites for hydroxylation is 2. The van der Waals surface area contributed by atoms with Gasteiger partial charge in [-0.1, -0.05) is 36.4 Å². The molecular formula is C19H20N2O3S2. The molecule has 0 radical (unpaired) electrons. The maximum atomic E-state index is 12.6. The number of benzene rings is 2. The summed E-state index contributed by atoms with van der Waals surface area (Å²) in [4.78, 5) is 5.63. The molecule has 0 aliphatic carbocycles. The predicted molar refractivity (Wildman–Crippen MR) is 104 cm³/mol. The van der Waals surface area contributed by atoms with Gasteiger partial charge in [-0.25, -0.2) is 18.1 Å². The van der Waals surface area contributed by atoms with Crippen molar-refractivity contribution in [2.75, 3.05) is 7.11 Å². The molecule has 5 nitrogen and oxygen atoms in total. The predicted octanol–water partition coefficient (Wildman–Crippen LogP) is 3.91. The second-order valence-corrected chi connectivity index (χ2v) is 8.64. The fraction of sp³-hybridized carbons (Fsp3) is 0.211.